The van der Waals surface area contributed by atoms with E-state index in [-0.39, 0.29) is 23.7 Å². The van der Waals surface area contributed by atoms with Crippen molar-refractivity contribution in [3.63, 3.8) is 0 Å². The third kappa shape index (κ3) is 6.83. The fourth-order valence-corrected chi connectivity index (χ4v) is 5.34. The number of hydrogen-bond acceptors (Lipinski definition) is 4. The van der Waals surface area contributed by atoms with Crippen LogP contribution in [0.3, 0.4) is 0 Å². The van der Waals surface area contributed by atoms with Gasteiger partial charge in [0.05, 0.1) is 24.3 Å². The van der Waals surface area contributed by atoms with E-state index in [0.29, 0.717) is 31.4 Å². The molecule has 0 radical (unpaired) electrons. The molecule has 0 spiro atoms. The fourth-order valence-electron chi connectivity index (χ4n) is 4.83. The molecule has 1 aliphatic rings. The van der Waals surface area contributed by atoms with Crippen molar-refractivity contribution in [2.24, 2.45) is 5.92 Å². The standard InChI is InChI=1S/C29H33FN2O4S/c1-20-5-9-23(10-6-20)28-26(17-18-27(33)22-11-13-24(30)14-12-22)29(34)32(28)25-15-7-21(8-16-25)4-3-19-31-37(2,35)36/h5-16,26-28,31,33H,3-4,17-19H2,1-2H3/t26-,27+,28-/m1/s1. The molecule has 1 saturated heterocycles. The van der Waals surface area contributed by atoms with Crippen molar-refractivity contribution in [1.82, 2.24) is 4.72 Å². The largest absolute Gasteiger partial charge is 0.388 e. The molecule has 3 atom stereocenters. The number of aliphatic hydroxyl groups is 1. The van der Waals surface area contributed by atoms with Crippen molar-refractivity contribution < 1.29 is 22.7 Å². The first kappa shape index (κ1) is 27.0. The molecule has 2 N–H and O–H groups in total. The Balaban J connectivity index is 1.45. The van der Waals surface area contributed by atoms with Crippen LogP contribution < -0.4 is 9.62 Å². The van der Waals surface area contributed by atoms with E-state index in [4.69, 9.17) is 0 Å². The quantitative estimate of drug-likeness (QED) is 0.278. The van der Waals surface area contributed by atoms with Gasteiger partial charge in [0.15, 0.2) is 0 Å². The molecular weight excluding hydrogens is 491 g/mol. The Kier molecular flexibility index (Phi) is 8.42. The van der Waals surface area contributed by atoms with Gasteiger partial charge < -0.3 is 10.0 Å². The van der Waals surface area contributed by atoms with E-state index in [0.717, 1.165) is 35.1 Å². The average Bonchev–Trinajstić information content (AvgIpc) is 2.86. The first-order valence-electron chi connectivity index (χ1n) is 12.5. The molecule has 3 aromatic carbocycles. The van der Waals surface area contributed by atoms with Gasteiger partial charge in [0.1, 0.15) is 5.82 Å². The van der Waals surface area contributed by atoms with Gasteiger partial charge in [-0.2, -0.15) is 0 Å². The van der Waals surface area contributed by atoms with E-state index in [1.807, 2.05) is 60.4 Å². The van der Waals surface area contributed by atoms with Crippen molar-refractivity contribution in [2.75, 3.05) is 17.7 Å². The Labute approximate surface area is 218 Å². The maximum atomic E-state index is 13.3. The van der Waals surface area contributed by atoms with Crippen molar-refractivity contribution in [2.45, 2.75) is 44.8 Å². The van der Waals surface area contributed by atoms with E-state index in [2.05, 4.69) is 4.72 Å². The Morgan fingerprint density at radius 2 is 1.65 bits per heavy atom. The number of carbonyl (C=O) groups is 1. The van der Waals surface area contributed by atoms with Crippen LogP contribution in [-0.2, 0) is 21.2 Å². The Bertz CT molecular complexity index is 1310. The molecule has 0 bridgehead atoms. The number of sulfonamides is 1. The molecule has 0 aliphatic carbocycles. The molecule has 0 aromatic heterocycles. The first-order chi connectivity index (χ1) is 17.6. The van der Waals surface area contributed by atoms with E-state index in [9.17, 15) is 22.7 Å². The van der Waals surface area contributed by atoms with Gasteiger partial charge in [-0.1, -0.05) is 54.1 Å². The fraction of sp³-hybridized carbons (Fsp3) is 0.345. The molecule has 1 amide bonds. The van der Waals surface area contributed by atoms with E-state index >= 15 is 0 Å². The summed E-state index contributed by atoms with van der Waals surface area (Å²) >= 11 is 0. The summed E-state index contributed by atoms with van der Waals surface area (Å²) in [7, 11) is -3.19. The number of nitrogens with zero attached hydrogens (tertiary/aromatic N) is 1. The van der Waals surface area contributed by atoms with Crippen LogP contribution >= 0.6 is 0 Å². The number of benzene rings is 3. The minimum absolute atomic E-state index is 0.0157. The first-order valence-corrected chi connectivity index (χ1v) is 14.4. The van der Waals surface area contributed by atoms with Gasteiger partial charge in [-0.25, -0.2) is 17.5 Å². The summed E-state index contributed by atoms with van der Waals surface area (Å²) in [6, 6.07) is 21.6. The predicted octanol–water partition coefficient (Wildman–Crippen LogP) is 4.83. The number of halogens is 1. The zero-order valence-electron chi connectivity index (χ0n) is 21.1. The summed E-state index contributed by atoms with van der Waals surface area (Å²) in [6.07, 6.45) is 2.70. The van der Waals surface area contributed by atoms with E-state index < -0.39 is 16.1 Å². The molecule has 196 valence electrons. The van der Waals surface area contributed by atoms with Crippen molar-refractivity contribution in [1.29, 1.82) is 0 Å². The summed E-state index contributed by atoms with van der Waals surface area (Å²) in [5.74, 6) is -0.599. The van der Waals surface area contributed by atoms with E-state index in [1.165, 1.54) is 12.1 Å². The molecule has 1 fully saturated rings. The minimum atomic E-state index is -3.19. The number of nitrogens with one attached hydrogen (secondary N) is 1. The van der Waals surface area contributed by atoms with Gasteiger partial charge >= 0.3 is 0 Å². The highest BCUT2D eigenvalue weighted by Gasteiger charge is 2.48. The number of aryl methyl sites for hydroxylation is 2. The normalized spacial score (nSPS) is 18.5. The zero-order valence-corrected chi connectivity index (χ0v) is 21.9. The summed E-state index contributed by atoms with van der Waals surface area (Å²) < 4.78 is 38.2. The smallest absolute Gasteiger partial charge is 0.233 e. The lowest BCUT2D eigenvalue weighted by molar-refractivity contribution is -0.131. The molecule has 0 unspecified atom stereocenters. The highest BCUT2D eigenvalue weighted by molar-refractivity contribution is 7.88. The average molecular weight is 525 g/mol. The SMILES string of the molecule is Cc1ccc([C@@H]2[C@@H](CC[C@H](O)c3ccc(F)cc3)C(=O)N2c2ccc(CCCNS(C)(=O)=O)cc2)cc1. The summed E-state index contributed by atoms with van der Waals surface area (Å²) in [4.78, 5) is 15.1. The molecule has 8 heteroatoms. The summed E-state index contributed by atoms with van der Waals surface area (Å²) in [5.41, 5.74) is 4.70. The van der Waals surface area contributed by atoms with Crippen LogP contribution in [0.1, 0.15) is 53.7 Å². The molecule has 1 aliphatic heterocycles. The molecule has 37 heavy (non-hydrogen) atoms. The van der Waals surface area contributed by atoms with Crippen LogP contribution in [0.2, 0.25) is 0 Å². The lowest BCUT2D eigenvalue weighted by Crippen LogP contribution is -2.55. The lowest BCUT2D eigenvalue weighted by atomic mass is 9.78. The third-order valence-corrected chi connectivity index (χ3v) is 7.59. The van der Waals surface area contributed by atoms with Crippen molar-refractivity contribution in [3.05, 3.63) is 101 Å². The van der Waals surface area contributed by atoms with Crippen LogP contribution in [0.5, 0.6) is 0 Å². The minimum Gasteiger partial charge on any atom is -0.388 e. The molecule has 6 nitrogen and oxygen atoms in total. The van der Waals surface area contributed by atoms with Gasteiger partial charge in [0.25, 0.3) is 0 Å². The second-order valence-electron chi connectivity index (χ2n) is 9.75. The summed E-state index contributed by atoms with van der Waals surface area (Å²) in [6.45, 7) is 2.40. The number of anilines is 1. The Hall–Kier alpha value is -3.07. The van der Waals surface area contributed by atoms with Gasteiger partial charge in [-0.15, -0.1) is 0 Å². The number of hydrogen-bond donors (Lipinski definition) is 2. The van der Waals surface area contributed by atoms with Crippen molar-refractivity contribution in [3.8, 4) is 0 Å². The highest BCUT2D eigenvalue weighted by Crippen LogP contribution is 2.46. The maximum absolute atomic E-state index is 13.3. The van der Waals surface area contributed by atoms with Crippen LogP contribution in [0.25, 0.3) is 0 Å². The number of amides is 1. The number of carbonyl (C=O) groups excluding carboxylic acids is 1. The predicted molar refractivity (Wildman–Crippen MR) is 143 cm³/mol. The number of β-lactam (4-membered cyclic amide) rings is 1. The van der Waals surface area contributed by atoms with E-state index in [1.54, 1.807) is 12.1 Å². The second-order valence-corrected chi connectivity index (χ2v) is 11.6. The van der Waals surface area contributed by atoms with Crippen LogP contribution in [-0.4, -0.2) is 32.2 Å². The lowest BCUT2D eigenvalue weighted by Gasteiger charge is -2.48. The Morgan fingerprint density at radius 3 is 2.27 bits per heavy atom. The topological polar surface area (TPSA) is 86.7 Å². The van der Waals surface area contributed by atoms with Gasteiger partial charge in [0, 0.05) is 12.2 Å². The monoisotopic (exact) mass is 524 g/mol. The van der Waals surface area contributed by atoms with Gasteiger partial charge in [-0.05, 0) is 73.6 Å². The second kappa shape index (κ2) is 11.5. The van der Waals surface area contributed by atoms with Crippen molar-refractivity contribution >= 4 is 21.6 Å². The maximum Gasteiger partial charge on any atom is 0.233 e. The molecular formula is C29H33FN2O4S. The number of rotatable bonds is 11. The van der Waals surface area contributed by atoms with Crippen LogP contribution in [0, 0.1) is 18.7 Å². The molecule has 3 aromatic rings. The van der Waals surface area contributed by atoms with Crippen LogP contribution in [0.15, 0.2) is 72.8 Å². The van der Waals surface area contributed by atoms with Gasteiger partial charge in [0.2, 0.25) is 15.9 Å². The molecule has 1 heterocycles. The highest BCUT2D eigenvalue weighted by atomic mass is 32.2. The Morgan fingerprint density at radius 1 is 1.00 bits per heavy atom. The molecule has 4 rings (SSSR count). The zero-order chi connectivity index (χ0) is 26.6. The summed E-state index contributed by atoms with van der Waals surface area (Å²) in [5, 5.41) is 10.6. The number of aliphatic hydroxyl groups excluding tert-OH is 1. The molecule has 0 saturated carbocycles. The third-order valence-electron chi connectivity index (χ3n) is 6.86. The van der Waals surface area contributed by atoms with Crippen LogP contribution in [0.4, 0.5) is 10.1 Å². The van der Waals surface area contributed by atoms with Gasteiger partial charge in [-0.3, -0.25) is 4.79 Å².